The summed E-state index contributed by atoms with van der Waals surface area (Å²) < 4.78 is 41.9. The predicted octanol–water partition coefficient (Wildman–Crippen LogP) is 2.19. The number of hydrogen-bond acceptors (Lipinski definition) is 7. The fraction of sp³-hybridized carbons (Fsp3) is 0.350. The molecule has 4 heterocycles. The molecule has 4 rings (SSSR count). The molecule has 1 saturated heterocycles. The Labute approximate surface area is 185 Å². The minimum atomic E-state index is -4.56. The standard InChI is InChI=1S/C20H19F3N6O4/c1-33-18(31)11-2-5-15(24-8-11)27-19(32)29-12-6-7-28(9-12)14-4-3-13(26-16(14)29)17(30)25-10-20(21,22)23/h2-5,8,12H,6-7,9-10H2,1H3,(H,25,30)(H,24,27,32)/t12-/m0/s1. The molecule has 1 fully saturated rings. The van der Waals surface area contributed by atoms with Crippen molar-refractivity contribution in [1.82, 2.24) is 15.3 Å². The molecular weight excluding hydrogens is 445 g/mol. The van der Waals surface area contributed by atoms with E-state index in [0.29, 0.717) is 25.2 Å². The summed E-state index contributed by atoms with van der Waals surface area (Å²) in [5.74, 6) is -1.22. The summed E-state index contributed by atoms with van der Waals surface area (Å²) in [4.78, 5) is 48.5. The van der Waals surface area contributed by atoms with Crippen LogP contribution in [0.25, 0.3) is 0 Å². The van der Waals surface area contributed by atoms with Crippen molar-refractivity contribution in [3.63, 3.8) is 0 Å². The summed E-state index contributed by atoms with van der Waals surface area (Å²) in [6, 6.07) is 4.96. The first-order chi connectivity index (χ1) is 15.7. The first-order valence-electron chi connectivity index (χ1n) is 9.92. The molecule has 2 aromatic heterocycles. The number of esters is 1. The number of amides is 3. The highest BCUT2D eigenvalue weighted by molar-refractivity contribution is 6.05. The summed E-state index contributed by atoms with van der Waals surface area (Å²) in [6.07, 6.45) is -2.66. The molecule has 174 valence electrons. The lowest BCUT2D eigenvalue weighted by atomic mass is 10.1. The second-order valence-electron chi connectivity index (χ2n) is 7.45. The average Bonchev–Trinajstić information content (AvgIpc) is 3.20. The van der Waals surface area contributed by atoms with E-state index in [4.69, 9.17) is 0 Å². The number of hydrogen-bond donors (Lipinski definition) is 2. The first-order valence-corrected chi connectivity index (χ1v) is 9.92. The predicted molar refractivity (Wildman–Crippen MR) is 110 cm³/mol. The van der Waals surface area contributed by atoms with E-state index in [1.165, 1.54) is 36.4 Å². The van der Waals surface area contributed by atoms with Gasteiger partial charge in [0.1, 0.15) is 18.1 Å². The SMILES string of the molecule is COC(=O)c1ccc(NC(=O)N2c3nc(C(=O)NCC(F)(F)F)ccc3N3CC[C@H]2C3)nc1. The van der Waals surface area contributed by atoms with Crippen LogP contribution in [0.4, 0.5) is 35.3 Å². The molecule has 2 N–H and O–H groups in total. The van der Waals surface area contributed by atoms with Gasteiger partial charge in [-0.1, -0.05) is 0 Å². The van der Waals surface area contributed by atoms with Gasteiger partial charge >= 0.3 is 18.2 Å². The van der Waals surface area contributed by atoms with Crippen LogP contribution < -0.4 is 20.4 Å². The lowest BCUT2D eigenvalue weighted by Crippen LogP contribution is -2.48. The zero-order valence-corrected chi connectivity index (χ0v) is 17.3. The third-order valence-corrected chi connectivity index (χ3v) is 5.27. The molecule has 2 aliphatic rings. The fourth-order valence-electron chi connectivity index (χ4n) is 3.75. The number of urea groups is 1. The smallest absolute Gasteiger partial charge is 0.405 e. The van der Waals surface area contributed by atoms with Gasteiger partial charge in [0.2, 0.25) is 0 Å². The zero-order chi connectivity index (χ0) is 23.8. The maximum absolute atomic E-state index is 13.1. The Morgan fingerprint density at radius 1 is 1.21 bits per heavy atom. The van der Waals surface area contributed by atoms with Crippen LogP contribution in [-0.2, 0) is 4.74 Å². The van der Waals surface area contributed by atoms with Crippen LogP contribution in [0.15, 0.2) is 30.5 Å². The van der Waals surface area contributed by atoms with Crippen LogP contribution in [0.5, 0.6) is 0 Å². The highest BCUT2D eigenvalue weighted by atomic mass is 19.4. The fourth-order valence-corrected chi connectivity index (χ4v) is 3.75. The Morgan fingerprint density at radius 3 is 2.67 bits per heavy atom. The van der Waals surface area contributed by atoms with E-state index in [1.54, 1.807) is 11.4 Å². The Hall–Kier alpha value is -3.90. The van der Waals surface area contributed by atoms with Gasteiger partial charge in [0.15, 0.2) is 5.82 Å². The first kappa shape index (κ1) is 22.3. The lowest BCUT2D eigenvalue weighted by Gasteiger charge is -2.35. The molecule has 0 unspecified atom stereocenters. The van der Waals surface area contributed by atoms with E-state index in [0.717, 1.165) is 0 Å². The van der Waals surface area contributed by atoms with Gasteiger partial charge in [-0.2, -0.15) is 13.2 Å². The van der Waals surface area contributed by atoms with Crippen molar-refractivity contribution in [1.29, 1.82) is 0 Å². The lowest BCUT2D eigenvalue weighted by molar-refractivity contribution is -0.123. The van der Waals surface area contributed by atoms with E-state index < -0.39 is 30.6 Å². The Kier molecular flexibility index (Phi) is 5.78. The van der Waals surface area contributed by atoms with E-state index in [2.05, 4.69) is 20.0 Å². The highest BCUT2D eigenvalue weighted by Crippen LogP contribution is 2.39. The Morgan fingerprint density at radius 2 is 2.00 bits per heavy atom. The minimum absolute atomic E-state index is 0.173. The van der Waals surface area contributed by atoms with Gasteiger partial charge in [0.05, 0.1) is 24.4 Å². The van der Waals surface area contributed by atoms with Crippen LogP contribution >= 0.6 is 0 Å². The summed E-state index contributed by atoms with van der Waals surface area (Å²) >= 11 is 0. The molecule has 0 aromatic carbocycles. The van der Waals surface area contributed by atoms with Crippen LogP contribution in [0.2, 0.25) is 0 Å². The number of carbonyl (C=O) groups excluding carboxylic acids is 3. The number of carbonyl (C=O) groups is 3. The van der Waals surface area contributed by atoms with Crippen molar-refractivity contribution in [2.24, 2.45) is 0 Å². The number of halogens is 3. The number of pyridine rings is 2. The number of ether oxygens (including phenoxy) is 1. The van der Waals surface area contributed by atoms with Crippen molar-refractivity contribution in [2.75, 3.05) is 41.9 Å². The van der Waals surface area contributed by atoms with Gasteiger partial charge in [-0.3, -0.25) is 15.0 Å². The zero-order valence-electron chi connectivity index (χ0n) is 17.3. The van der Waals surface area contributed by atoms with Crippen molar-refractivity contribution >= 4 is 35.2 Å². The summed E-state index contributed by atoms with van der Waals surface area (Å²) in [5, 5.41) is 4.41. The maximum atomic E-state index is 13.1. The minimum Gasteiger partial charge on any atom is -0.465 e. The van der Waals surface area contributed by atoms with Crippen LogP contribution in [0.1, 0.15) is 27.3 Å². The third kappa shape index (κ3) is 4.66. The monoisotopic (exact) mass is 464 g/mol. The van der Waals surface area contributed by atoms with Gasteiger partial charge in [0, 0.05) is 19.3 Å². The molecule has 10 nitrogen and oxygen atoms in total. The number of fused-ring (bicyclic) bond motifs is 4. The molecule has 2 aliphatic heterocycles. The van der Waals surface area contributed by atoms with Crippen molar-refractivity contribution < 1.29 is 32.3 Å². The van der Waals surface area contributed by atoms with E-state index >= 15 is 0 Å². The quantitative estimate of drug-likeness (QED) is 0.667. The van der Waals surface area contributed by atoms with Gasteiger partial charge in [-0.15, -0.1) is 0 Å². The number of methoxy groups -OCH3 is 1. The van der Waals surface area contributed by atoms with Crippen LogP contribution in [0.3, 0.4) is 0 Å². The second kappa shape index (κ2) is 8.56. The number of alkyl halides is 3. The number of nitrogens with one attached hydrogen (secondary N) is 2. The Balaban J connectivity index is 1.57. The third-order valence-electron chi connectivity index (χ3n) is 5.27. The topological polar surface area (TPSA) is 117 Å². The molecule has 0 aliphatic carbocycles. The van der Waals surface area contributed by atoms with E-state index in [9.17, 15) is 27.6 Å². The van der Waals surface area contributed by atoms with Gasteiger partial charge in [0.25, 0.3) is 5.91 Å². The van der Waals surface area contributed by atoms with Crippen molar-refractivity contribution in [3.8, 4) is 0 Å². The number of nitrogens with zero attached hydrogens (tertiary/aromatic N) is 4. The normalized spacial score (nSPS) is 16.8. The molecule has 33 heavy (non-hydrogen) atoms. The number of aromatic nitrogens is 2. The molecule has 0 spiro atoms. The van der Waals surface area contributed by atoms with Crippen LogP contribution in [0, 0.1) is 0 Å². The number of rotatable bonds is 4. The molecule has 2 aromatic rings. The number of anilines is 3. The summed E-state index contributed by atoms with van der Waals surface area (Å²) in [7, 11) is 1.24. The molecule has 3 amide bonds. The maximum Gasteiger partial charge on any atom is 0.405 e. The Bertz CT molecular complexity index is 1090. The molecule has 0 radical (unpaired) electrons. The van der Waals surface area contributed by atoms with E-state index in [-0.39, 0.29) is 28.9 Å². The molecule has 0 saturated carbocycles. The van der Waals surface area contributed by atoms with Gasteiger partial charge in [-0.25, -0.2) is 19.6 Å². The highest BCUT2D eigenvalue weighted by Gasteiger charge is 2.40. The van der Waals surface area contributed by atoms with Crippen molar-refractivity contribution in [2.45, 2.75) is 18.6 Å². The molecule has 1 atom stereocenters. The van der Waals surface area contributed by atoms with Crippen molar-refractivity contribution in [3.05, 3.63) is 41.7 Å². The second-order valence-corrected chi connectivity index (χ2v) is 7.45. The van der Waals surface area contributed by atoms with Gasteiger partial charge < -0.3 is 15.0 Å². The van der Waals surface area contributed by atoms with Crippen LogP contribution in [-0.4, -0.2) is 66.8 Å². The van der Waals surface area contributed by atoms with E-state index in [1.807, 2.05) is 4.90 Å². The molecule has 2 bridgehead atoms. The summed E-state index contributed by atoms with van der Waals surface area (Å²) in [6.45, 7) is -0.276. The summed E-state index contributed by atoms with van der Waals surface area (Å²) in [5.41, 5.74) is 0.570. The molecular formula is C20H19F3N6O4. The average molecular weight is 464 g/mol. The largest absolute Gasteiger partial charge is 0.465 e. The molecule has 13 heteroatoms. The van der Waals surface area contributed by atoms with Gasteiger partial charge in [-0.05, 0) is 30.7 Å².